The fourth-order valence-electron chi connectivity index (χ4n) is 3.18. The summed E-state index contributed by atoms with van der Waals surface area (Å²) in [5.41, 5.74) is 2.38. The van der Waals surface area contributed by atoms with Gasteiger partial charge in [0.05, 0.1) is 17.8 Å². The molecule has 3 rings (SSSR count). The standard InChI is InChI=1S/C18H24N4S2/c1-13-8-12-24-17(13)16-15(14-7-4-5-9-19-14)20-18(23)22(16)11-6-10-21(2)3/h4-5,7-9,12,15-16H,6,10-11H2,1-3H3,(H,20,23)/t15-,16-/m0/s1. The number of thiophene rings is 1. The van der Waals surface area contributed by atoms with Crippen molar-refractivity contribution in [1.82, 2.24) is 20.1 Å². The Kier molecular flexibility index (Phi) is 5.48. The van der Waals surface area contributed by atoms with Gasteiger partial charge in [0.2, 0.25) is 0 Å². The highest BCUT2D eigenvalue weighted by molar-refractivity contribution is 7.80. The Morgan fingerprint density at radius 1 is 1.33 bits per heavy atom. The van der Waals surface area contributed by atoms with E-state index in [1.807, 2.05) is 29.7 Å². The third kappa shape index (κ3) is 3.61. The fourth-order valence-corrected chi connectivity index (χ4v) is 4.58. The molecule has 2 atom stereocenters. The molecular weight excluding hydrogens is 336 g/mol. The van der Waals surface area contributed by atoms with Gasteiger partial charge < -0.3 is 15.1 Å². The summed E-state index contributed by atoms with van der Waals surface area (Å²) >= 11 is 7.48. The van der Waals surface area contributed by atoms with E-state index in [1.165, 1.54) is 10.4 Å². The second-order valence-corrected chi connectivity index (χ2v) is 7.78. The van der Waals surface area contributed by atoms with Crippen LogP contribution in [0.5, 0.6) is 0 Å². The minimum atomic E-state index is 0.107. The average molecular weight is 361 g/mol. The van der Waals surface area contributed by atoms with Gasteiger partial charge in [-0.05, 0) is 75.3 Å². The van der Waals surface area contributed by atoms with Crippen molar-refractivity contribution in [1.29, 1.82) is 0 Å². The Hall–Kier alpha value is -1.50. The summed E-state index contributed by atoms with van der Waals surface area (Å²) in [5.74, 6) is 0. The molecule has 1 aliphatic rings. The monoisotopic (exact) mass is 360 g/mol. The molecule has 0 aromatic carbocycles. The van der Waals surface area contributed by atoms with E-state index in [-0.39, 0.29) is 12.1 Å². The zero-order valence-electron chi connectivity index (χ0n) is 14.4. The zero-order chi connectivity index (χ0) is 17.1. The van der Waals surface area contributed by atoms with Gasteiger partial charge in [-0.15, -0.1) is 11.3 Å². The van der Waals surface area contributed by atoms with E-state index in [4.69, 9.17) is 12.2 Å². The Balaban J connectivity index is 1.90. The number of hydrogen-bond donors (Lipinski definition) is 1. The molecule has 128 valence electrons. The van der Waals surface area contributed by atoms with Gasteiger partial charge >= 0.3 is 0 Å². The minimum absolute atomic E-state index is 0.107. The highest BCUT2D eigenvalue weighted by Gasteiger charge is 2.40. The third-order valence-electron chi connectivity index (χ3n) is 4.37. The largest absolute Gasteiger partial charge is 0.352 e. The van der Waals surface area contributed by atoms with Crippen LogP contribution in [0.2, 0.25) is 0 Å². The molecule has 24 heavy (non-hydrogen) atoms. The lowest BCUT2D eigenvalue weighted by Crippen LogP contribution is -2.32. The van der Waals surface area contributed by atoms with Crippen LogP contribution in [-0.4, -0.2) is 47.1 Å². The summed E-state index contributed by atoms with van der Waals surface area (Å²) in [4.78, 5) is 10.5. The molecule has 1 saturated heterocycles. The molecule has 0 aliphatic carbocycles. The van der Waals surface area contributed by atoms with E-state index in [1.54, 1.807) is 0 Å². The normalized spacial score (nSPS) is 20.7. The molecule has 0 radical (unpaired) electrons. The van der Waals surface area contributed by atoms with Crippen LogP contribution in [0.3, 0.4) is 0 Å². The van der Waals surface area contributed by atoms with Crippen LogP contribution in [-0.2, 0) is 0 Å². The highest BCUT2D eigenvalue weighted by Crippen LogP contribution is 2.41. The molecule has 1 N–H and O–H groups in total. The molecule has 0 amide bonds. The molecule has 4 nitrogen and oxygen atoms in total. The Bertz CT molecular complexity index is 683. The maximum absolute atomic E-state index is 5.67. The van der Waals surface area contributed by atoms with Crippen molar-refractivity contribution in [3.05, 3.63) is 52.0 Å². The van der Waals surface area contributed by atoms with Crippen LogP contribution in [0.4, 0.5) is 0 Å². The fraction of sp³-hybridized carbons (Fsp3) is 0.444. The number of nitrogens with one attached hydrogen (secondary N) is 1. The van der Waals surface area contributed by atoms with Gasteiger partial charge in [0.15, 0.2) is 5.11 Å². The van der Waals surface area contributed by atoms with Gasteiger partial charge in [-0.2, -0.15) is 0 Å². The Morgan fingerprint density at radius 2 is 2.17 bits per heavy atom. The Morgan fingerprint density at radius 3 is 2.79 bits per heavy atom. The number of aromatic nitrogens is 1. The van der Waals surface area contributed by atoms with Crippen molar-refractivity contribution in [2.45, 2.75) is 25.4 Å². The quantitative estimate of drug-likeness (QED) is 0.798. The maximum Gasteiger partial charge on any atom is 0.170 e. The first-order valence-electron chi connectivity index (χ1n) is 8.24. The number of hydrogen-bond acceptors (Lipinski definition) is 4. The zero-order valence-corrected chi connectivity index (χ0v) is 16.0. The number of aryl methyl sites for hydroxylation is 1. The van der Waals surface area contributed by atoms with Crippen LogP contribution in [0.25, 0.3) is 0 Å². The first kappa shape index (κ1) is 17.3. The van der Waals surface area contributed by atoms with E-state index in [9.17, 15) is 0 Å². The van der Waals surface area contributed by atoms with Crippen molar-refractivity contribution < 1.29 is 0 Å². The summed E-state index contributed by atoms with van der Waals surface area (Å²) < 4.78 is 0. The van der Waals surface area contributed by atoms with E-state index < -0.39 is 0 Å². The van der Waals surface area contributed by atoms with E-state index >= 15 is 0 Å². The lowest BCUT2D eigenvalue weighted by atomic mass is 10.0. The molecular formula is C18H24N4S2. The molecule has 3 heterocycles. The first-order valence-corrected chi connectivity index (χ1v) is 9.53. The third-order valence-corrected chi connectivity index (χ3v) is 5.81. The molecule has 6 heteroatoms. The van der Waals surface area contributed by atoms with Crippen LogP contribution in [0.1, 0.15) is 34.6 Å². The molecule has 1 fully saturated rings. The molecule has 0 unspecified atom stereocenters. The molecule has 2 aromatic rings. The van der Waals surface area contributed by atoms with Gasteiger partial charge in [-0.3, -0.25) is 4.98 Å². The molecule has 0 spiro atoms. The van der Waals surface area contributed by atoms with Crippen molar-refractivity contribution in [3.63, 3.8) is 0 Å². The van der Waals surface area contributed by atoms with E-state index in [0.29, 0.717) is 0 Å². The Labute approximate surface area is 153 Å². The summed E-state index contributed by atoms with van der Waals surface area (Å²) in [6.45, 7) is 4.19. The van der Waals surface area contributed by atoms with Crippen molar-refractivity contribution in [2.24, 2.45) is 0 Å². The summed E-state index contributed by atoms with van der Waals surface area (Å²) in [6, 6.07) is 8.59. The summed E-state index contributed by atoms with van der Waals surface area (Å²) in [5, 5.41) is 6.51. The first-order chi connectivity index (χ1) is 11.6. The second kappa shape index (κ2) is 7.59. The predicted molar refractivity (Wildman–Crippen MR) is 104 cm³/mol. The summed E-state index contributed by atoms with van der Waals surface area (Å²) in [7, 11) is 4.22. The van der Waals surface area contributed by atoms with Gasteiger partial charge in [0.1, 0.15) is 0 Å². The lowest BCUT2D eigenvalue weighted by molar-refractivity contribution is 0.295. The smallest absolute Gasteiger partial charge is 0.170 e. The van der Waals surface area contributed by atoms with E-state index in [2.05, 4.69) is 58.6 Å². The number of thiocarbonyl (C=S) groups is 1. The van der Waals surface area contributed by atoms with Crippen LogP contribution in [0.15, 0.2) is 35.8 Å². The predicted octanol–water partition coefficient (Wildman–Crippen LogP) is 3.38. The SMILES string of the molecule is Cc1ccsc1[C@@H]1[C@H](c2ccccn2)NC(=S)N1CCCN(C)C. The topological polar surface area (TPSA) is 31.4 Å². The van der Waals surface area contributed by atoms with Crippen molar-refractivity contribution in [2.75, 3.05) is 27.2 Å². The molecule has 1 aliphatic heterocycles. The van der Waals surface area contributed by atoms with Crippen LogP contribution in [0, 0.1) is 6.92 Å². The maximum atomic E-state index is 5.67. The van der Waals surface area contributed by atoms with Crippen LogP contribution < -0.4 is 5.32 Å². The number of rotatable bonds is 6. The summed E-state index contributed by atoms with van der Waals surface area (Å²) in [6.07, 6.45) is 2.94. The molecule has 0 bridgehead atoms. The highest BCUT2D eigenvalue weighted by atomic mass is 32.1. The van der Waals surface area contributed by atoms with Crippen molar-refractivity contribution in [3.8, 4) is 0 Å². The van der Waals surface area contributed by atoms with Gasteiger partial charge in [0.25, 0.3) is 0 Å². The number of pyridine rings is 1. The second-order valence-electron chi connectivity index (χ2n) is 6.44. The van der Waals surface area contributed by atoms with Gasteiger partial charge in [-0.1, -0.05) is 6.07 Å². The van der Waals surface area contributed by atoms with E-state index in [0.717, 1.165) is 30.3 Å². The molecule has 2 aromatic heterocycles. The van der Waals surface area contributed by atoms with Crippen molar-refractivity contribution >= 4 is 28.7 Å². The lowest BCUT2D eigenvalue weighted by Gasteiger charge is -2.28. The van der Waals surface area contributed by atoms with Crippen LogP contribution >= 0.6 is 23.6 Å². The average Bonchev–Trinajstić information content (AvgIpc) is 3.11. The van der Waals surface area contributed by atoms with Gasteiger partial charge in [0, 0.05) is 17.6 Å². The van der Waals surface area contributed by atoms with Gasteiger partial charge in [-0.25, -0.2) is 0 Å². The number of nitrogens with zero attached hydrogens (tertiary/aromatic N) is 3. The minimum Gasteiger partial charge on any atom is -0.352 e. The molecule has 0 saturated carbocycles.